The lowest BCUT2D eigenvalue weighted by Crippen LogP contribution is -2.26. The first-order chi connectivity index (χ1) is 12.3. The molecule has 0 unspecified atom stereocenters. The van der Waals surface area contributed by atoms with Crippen LogP contribution in [0.4, 0.5) is 0 Å². The summed E-state index contributed by atoms with van der Waals surface area (Å²) in [5.74, 6) is 2.12. The fourth-order valence-corrected chi connectivity index (χ4v) is 3.15. The highest BCUT2D eigenvalue weighted by molar-refractivity contribution is 5.81. The number of nitrogens with one attached hydrogen (secondary N) is 1. The zero-order valence-corrected chi connectivity index (χ0v) is 15.0. The molecule has 1 saturated heterocycles. The average molecular weight is 334 g/mol. The van der Waals surface area contributed by atoms with E-state index in [0.717, 1.165) is 54.4 Å². The maximum absolute atomic E-state index is 6.33. The Morgan fingerprint density at radius 2 is 1.88 bits per heavy atom. The van der Waals surface area contributed by atoms with Crippen LogP contribution in [0.25, 0.3) is 16.8 Å². The van der Waals surface area contributed by atoms with Crippen molar-refractivity contribution in [1.82, 2.24) is 10.3 Å². The van der Waals surface area contributed by atoms with E-state index in [0.29, 0.717) is 5.92 Å². The zero-order chi connectivity index (χ0) is 17.5. The minimum atomic E-state index is 0.394. The first-order valence-corrected chi connectivity index (χ1v) is 9.06. The second-order valence-electron chi connectivity index (χ2n) is 6.27. The van der Waals surface area contributed by atoms with Crippen LogP contribution in [0.1, 0.15) is 44.3 Å². The lowest BCUT2D eigenvalue weighted by atomic mass is 9.98. The Morgan fingerprint density at radius 1 is 1.12 bits per heavy atom. The van der Waals surface area contributed by atoms with E-state index in [2.05, 4.69) is 29.6 Å². The van der Waals surface area contributed by atoms with Crippen molar-refractivity contribution in [2.24, 2.45) is 0 Å². The lowest BCUT2D eigenvalue weighted by molar-refractivity contribution is 0.371. The van der Waals surface area contributed by atoms with Crippen molar-refractivity contribution in [3.8, 4) is 11.3 Å². The molecule has 0 bridgehead atoms. The number of oxazole rings is 1. The number of allylic oxidation sites excluding steroid dienone is 6. The summed E-state index contributed by atoms with van der Waals surface area (Å²) < 4.78 is 6.33. The summed E-state index contributed by atoms with van der Waals surface area (Å²) in [4.78, 5) is 4.92. The minimum Gasteiger partial charge on any atom is -0.440 e. The molecule has 0 spiro atoms. The molecule has 3 heteroatoms. The number of piperidine rings is 1. The van der Waals surface area contributed by atoms with Gasteiger partial charge in [-0.25, -0.2) is 4.98 Å². The highest BCUT2D eigenvalue weighted by Gasteiger charge is 2.24. The monoisotopic (exact) mass is 334 g/mol. The van der Waals surface area contributed by atoms with Crippen LogP contribution in [0.2, 0.25) is 0 Å². The fourth-order valence-electron chi connectivity index (χ4n) is 3.15. The fraction of sp³-hybridized carbons (Fsp3) is 0.318. The van der Waals surface area contributed by atoms with Crippen LogP contribution in [0.15, 0.2) is 65.1 Å². The Bertz CT molecular complexity index is 763. The molecule has 25 heavy (non-hydrogen) atoms. The maximum Gasteiger partial charge on any atom is 0.198 e. The lowest BCUT2D eigenvalue weighted by Gasteiger charge is -2.19. The summed E-state index contributed by atoms with van der Waals surface area (Å²) in [7, 11) is 0. The normalized spacial score (nSPS) is 17.0. The van der Waals surface area contributed by atoms with Gasteiger partial charge in [-0.3, -0.25) is 0 Å². The van der Waals surface area contributed by atoms with Crippen LogP contribution < -0.4 is 5.32 Å². The molecular weight excluding hydrogens is 308 g/mol. The number of hydrogen-bond acceptors (Lipinski definition) is 3. The van der Waals surface area contributed by atoms with Crippen molar-refractivity contribution >= 4 is 5.57 Å². The van der Waals surface area contributed by atoms with Crippen LogP contribution in [0.5, 0.6) is 0 Å². The number of hydrogen-bond donors (Lipinski definition) is 1. The maximum atomic E-state index is 6.33. The standard InChI is InChI=1S/C22H26N2O/c1-3-5-10-18(9-4-2)21-20(17-11-7-6-8-12-17)24-22(25-21)19-13-15-23-16-14-19/h3-12,19,23H,13-16H2,1-2H3/b5-3-,9-4+,18-10+. The third-order valence-corrected chi connectivity index (χ3v) is 4.46. The minimum absolute atomic E-state index is 0.394. The molecule has 0 amide bonds. The summed E-state index contributed by atoms with van der Waals surface area (Å²) in [5, 5.41) is 3.41. The third kappa shape index (κ3) is 4.18. The van der Waals surface area contributed by atoms with Crippen LogP contribution in [-0.4, -0.2) is 18.1 Å². The van der Waals surface area contributed by atoms with Crippen LogP contribution in [0.3, 0.4) is 0 Å². The number of aromatic nitrogens is 1. The van der Waals surface area contributed by atoms with E-state index < -0.39 is 0 Å². The van der Waals surface area contributed by atoms with Gasteiger partial charge in [-0.1, -0.05) is 60.7 Å². The second kappa shape index (κ2) is 8.63. The molecule has 0 saturated carbocycles. The molecule has 3 rings (SSSR count). The highest BCUT2D eigenvalue weighted by atomic mass is 16.4. The Balaban J connectivity index is 2.09. The topological polar surface area (TPSA) is 38.1 Å². The smallest absolute Gasteiger partial charge is 0.198 e. The van der Waals surface area contributed by atoms with E-state index >= 15 is 0 Å². The van der Waals surface area contributed by atoms with Gasteiger partial charge < -0.3 is 9.73 Å². The van der Waals surface area contributed by atoms with E-state index in [-0.39, 0.29) is 0 Å². The number of nitrogens with zero attached hydrogens (tertiary/aromatic N) is 1. The number of rotatable bonds is 5. The molecule has 2 aromatic rings. The Labute approximate surface area is 150 Å². The molecule has 0 radical (unpaired) electrons. The van der Waals surface area contributed by atoms with E-state index in [4.69, 9.17) is 9.40 Å². The third-order valence-electron chi connectivity index (χ3n) is 4.46. The number of benzene rings is 1. The van der Waals surface area contributed by atoms with Crippen molar-refractivity contribution in [3.05, 3.63) is 72.4 Å². The van der Waals surface area contributed by atoms with Crippen molar-refractivity contribution in [3.63, 3.8) is 0 Å². The van der Waals surface area contributed by atoms with Crippen molar-refractivity contribution in [2.75, 3.05) is 13.1 Å². The van der Waals surface area contributed by atoms with Gasteiger partial charge in [0.2, 0.25) is 0 Å². The predicted octanol–water partition coefficient (Wildman–Crippen LogP) is 5.34. The quantitative estimate of drug-likeness (QED) is 0.750. The van der Waals surface area contributed by atoms with Crippen molar-refractivity contribution < 1.29 is 4.42 Å². The van der Waals surface area contributed by atoms with Gasteiger partial charge in [0.25, 0.3) is 0 Å². The largest absolute Gasteiger partial charge is 0.440 e. The molecule has 1 fully saturated rings. The Morgan fingerprint density at radius 3 is 2.56 bits per heavy atom. The van der Waals surface area contributed by atoms with Crippen molar-refractivity contribution in [2.45, 2.75) is 32.6 Å². The van der Waals surface area contributed by atoms with Gasteiger partial charge in [0.05, 0.1) is 0 Å². The summed E-state index contributed by atoms with van der Waals surface area (Å²) in [6.07, 6.45) is 12.4. The van der Waals surface area contributed by atoms with Gasteiger partial charge in [0.15, 0.2) is 11.7 Å². The van der Waals surface area contributed by atoms with Gasteiger partial charge in [-0.2, -0.15) is 0 Å². The highest BCUT2D eigenvalue weighted by Crippen LogP contribution is 2.35. The molecule has 0 aliphatic carbocycles. The SMILES string of the molecule is C\C=C/C=C(\C=C\C)c1oc(C2CCNCC2)nc1-c1ccccc1. The Kier molecular flexibility index (Phi) is 6.02. The second-order valence-corrected chi connectivity index (χ2v) is 6.27. The molecular formula is C22H26N2O. The molecule has 1 aromatic heterocycles. The van der Waals surface area contributed by atoms with Gasteiger partial charge in [-0.15, -0.1) is 0 Å². The van der Waals surface area contributed by atoms with E-state index in [1.54, 1.807) is 0 Å². The van der Waals surface area contributed by atoms with Gasteiger partial charge in [-0.05, 0) is 39.8 Å². The van der Waals surface area contributed by atoms with E-state index in [1.165, 1.54) is 0 Å². The summed E-state index contributed by atoms with van der Waals surface area (Å²) in [6.45, 7) is 6.09. The predicted molar refractivity (Wildman–Crippen MR) is 104 cm³/mol. The molecule has 130 valence electrons. The Hall–Kier alpha value is -2.39. The zero-order valence-electron chi connectivity index (χ0n) is 15.0. The molecule has 1 aliphatic rings. The van der Waals surface area contributed by atoms with E-state index in [1.807, 2.05) is 50.3 Å². The average Bonchev–Trinajstić information content (AvgIpc) is 3.12. The molecule has 1 aliphatic heterocycles. The van der Waals surface area contributed by atoms with Crippen molar-refractivity contribution in [1.29, 1.82) is 0 Å². The van der Waals surface area contributed by atoms with Crippen LogP contribution in [-0.2, 0) is 0 Å². The van der Waals surface area contributed by atoms with Crippen LogP contribution >= 0.6 is 0 Å². The summed E-state index contributed by atoms with van der Waals surface area (Å²) >= 11 is 0. The first-order valence-electron chi connectivity index (χ1n) is 9.06. The molecule has 1 N–H and O–H groups in total. The van der Waals surface area contributed by atoms with Gasteiger partial charge in [0, 0.05) is 17.1 Å². The first kappa shape index (κ1) is 17.4. The van der Waals surface area contributed by atoms with Crippen LogP contribution in [0, 0.1) is 0 Å². The summed E-state index contributed by atoms with van der Waals surface area (Å²) in [6, 6.07) is 10.3. The molecule has 3 nitrogen and oxygen atoms in total. The molecule has 2 heterocycles. The molecule has 0 atom stereocenters. The van der Waals surface area contributed by atoms with Gasteiger partial charge >= 0.3 is 0 Å². The summed E-state index contributed by atoms with van der Waals surface area (Å²) in [5.41, 5.74) is 3.08. The van der Waals surface area contributed by atoms with Gasteiger partial charge in [0.1, 0.15) is 5.69 Å². The molecule has 1 aromatic carbocycles. The van der Waals surface area contributed by atoms with E-state index in [9.17, 15) is 0 Å².